The molecule has 32 heavy (non-hydrogen) atoms. The average molecular weight is 435 g/mol. The Kier molecular flexibility index (Phi) is 7.77. The molecule has 0 saturated carbocycles. The topological polar surface area (TPSA) is 55.9 Å². The van der Waals surface area contributed by atoms with E-state index in [1.54, 1.807) is 0 Å². The Morgan fingerprint density at radius 3 is 2.34 bits per heavy atom. The van der Waals surface area contributed by atoms with Crippen LogP contribution in [-0.4, -0.2) is 67.4 Å². The molecule has 0 atom stereocenters. The Hall–Kier alpha value is -2.86. The summed E-state index contributed by atoms with van der Waals surface area (Å²) < 4.78 is 0. The number of rotatable bonds is 7. The minimum Gasteiger partial charge on any atom is -0.371 e. The van der Waals surface area contributed by atoms with Gasteiger partial charge in [-0.25, -0.2) is 0 Å². The molecule has 4 rings (SSSR count). The fourth-order valence-corrected chi connectivity index (χ4v) is 4.79. The minimum absolute atomic E-state index is 0.0491. The van der Waals surface area contributed by atoms with Gasteiger partial charge in [0, 0.05) is 57.5 Å². The normalized spacial score (nSPS) is 18.2. The molecule has 0 bridgehead atoms. The molecule has 170 valence electrons. The van der Waals surface area contributed by atoms with Crippen LogP contribution in [0.4, 0.5) is 5.69 Å². The number of nitrogens with zero attached hydrogens (tertiary/aromatic N) is 3. The fourth-order valence-electron chi connectivity index (χ4n) is 4.79. The van der Waals surface area contributed by atoms with E-state index in [0.717, 1.165) is 76.1 Å². The lowest BCUT2D eigenvalue weighted by molar-refractivity contribution is -0.120. The van der Waals surface area contributed by atoms with E-state index < -0.39 is 0 Å². The molecule has 0 spiro atoms. The fraction of sp³-hybridized carbons (Fsp3) is 0.462. The van der Waals surface area contributed by atoms with E-state index in [1.807, 2.05) is 35.2 Å². The number of hydrogen-bond donors (Lipinski definition) is 1. The van der Waals surface area contributed by atoms with Crippen LogP contribution in [0.1, 0.15) is 30.4 Å². The van der Waals surface area contributed by atoms with Crippen molar-refractivity contribution in [2.45, 2.75) is 38.3 Å². The van der Waals surface area contributed by atoms with Crippen LogP contribution < -0.4 is 10.2 Å². The molecule has 2 aliphatic heterocycles. The van der Waals surface area contributed by atoms with Crippen LogP contribution in [0.2, 0.25) is 0 Å². The summed E-state index contributed by atoms with van der Waals surface area (Å²) in [4.78, 5) is 30.3. The van der Waals surface area contributed by atoms with Crippen molar-refractivity contribution in [1.82, 2.24) is 15.1 Å². The first-order valence-corrected chi connectivity index (χ1v) is 11.8. The van der Waals surface area contributed by atoms with E-state index in [9.17, 15) is 9.59 Å². The summed E-state index contributed by atoms with van der Waals surface area (Å²) in [6.07, 6.45) is 4.78. The summed E-state index contributed by atoms with van der Waals surface area (Å²) in [6.45, 7) is 6.49. The van der Waals surface area contributed by atoms with Gasteiger partial charge in [-0.05, 0) is 42.5 Å². The Morgan fingerprint density at radius 1 is 0.875 bits per heavy atom. The van der Waals surface area contributed by atoms with Crippen LogP contribution >= 0.6 is 0 Å². The van der Waals surface area contributed by atoms with Crippen molar-refractivity contribution in [3.8, 4) is 0 Å². The van der Waals surface area contributed by atoms with E-state index >= 15 is 0 Å². The molecular weight excluding hydrogens is 400 g/mol. The molecular formula is C26H34N4O2. The van der Waals surface area contributed by atoms with Crippen LogP contribution in [0.25, 0.3) is 0 Å². The Morgan fingerprint density at radius 2 is 1.62 bits per heavy atom. The van der Waals surface area contributed by atoms with Gasteiger partial charge >= 0.3 is 0 Å². The molecule has 0 unspecified atom stereocenters. The zero-order valence-corrected chi connectivity index (χ0v) is 18.8. The molecule has 2 amide bonds. The molecule has 6 nitrogen and oxygen atoms in total. The molecule has 2 aliphatic rings. The van der Waals surface area contributed by atoms with Crippen LogP contribution in [0.3, 0.4) is 0 Å². The van der Waals surface area contributed by atoms with E-state index in [2.05, 4.69) is 39.4 Å². The number of carbonyl (C=O) groups is 2. The van der Waals surface area contributed by atoms with Crippen molar-refractivity contribution < 1.29 is 9.59 Å². The van der Waals surface area contributed by atoms with Gasteiger partial charge in [-0.1, -0.05) is 42.5 Å². The summed E-state index contributed by atoms with van der Waals surface area (Å²) in [7, 11) is 0. The first-order chi connectivity index (χ1) is 15.7. The smallest absolute Gasteiger partial charge is 0.224 e. The maximum absolute atomic E-state index is 12.3. The lowest BCUT2D eigenvalue weighted by Crippen LogP contribution is -2.46. The van der Waals surface area contributed by atoms with Crippen molar-refractivity contribution >= 4 is 18.0 Å². The number of anilines is 1. The van der Waals surface area contributed by atoms with Crippen LogP contribution in [0, 0.1) is 0 Å². The molecule has 2 saturated heterocycles. The number of nitrogens with one attached hydrogen (secondary N) is 1. The first-order valence-electron chi connectivity index (χ1n) is 11.8. The second-order valence-corrected chi connectivity index (χ2v) is 8.85. The number of hydrogen-bond acceptors (Lipinski definition) is 4. The Bertz CT molecular complexity index is 863. The largest absolute Gasteiger partial charge is 0.371 e. The zero-order chi connectivity index (χ0) is 22.2. The number of carbonyl (C=O) groups excluding carboxylic acids is 2. The van der Waals surface area contributed by atoms with E-state index in [0.29, 0.717) is 19.0 Å². The highest BCUT2D eigenvalue weighted by molar-refractivity contribution is 5.78. The summed E-state index contributed by atoms with van der Waals surface area (Å²) in [5, 5.41) is 3.00. The van der Waals surface area contributed by atoms with Crippen molar-refractivity contribution in [2.24, 2.45) is 0 Å². The quantitative estimate of drug-likeness (QED) is 0.681. The highest BCUT2D eigenvalue weighted by Gasteiger charge is 2.26. The number of benzene rings is 2. The second-order valence-electron chi connectivity index (χ2n) is 8.85. The third-order valence-corrected chi connectivity index (χ3v) is 6.69. The van der Waals surface area contributed by atoms with Gasteiger partial charge in [-0.2, -0.15) is 0 Å². The molecule has 1 N–H and O–H groups in total. The summed E-state index contributed by atoms with van der Waals surface area (Å²) >= 11 is 0. The lowest BCUT2D eigenvalue weighted by Gasteiger charge is -2.39. The Balaban J connectivity index is 1.22. The molecule has 2 heterocycles. The van der Waals surface area contributed by atoms with Crippen molar-refractivity contribution in [3.05, 3.63) is 65.7 Å². The molecule has 0 radical (unpaired) electrons. The standard InChI is InChI=1S/C26H34N4O2/c31-21-28-13-4-14-29(18-17-28)25-11-15-30(16-12-25)24-9-7-22(8-10-24)19-26(32)27-20-23-5-2-1-3-6-23/h1-3,5-10,21,25H,4,11-20H2,(H,27,32). The minimum atomic E-state index is 0.0491. The van der Waals surface area contributed by atoms with Gasteiger partial charge in [0.25, 0.3) is 0 Å². The van der Waals surface area contributed by atoms with E-state index in [-0.39, 0.29) is 5.91 Å². The molecule has 2 aromatic carbocycles. The van der Waals surface area contributed by atoms with Crippen LogP contribution in [-0.2, 0) is 22.6 Å². The third-order valence-electron chi connectivity index (χ3n) is 6.69. The summed E-state index contributed by atoms with van der Waals surface area (Å²) in [5.41, 5.74) is 3.39. The van der Waals surface area contributed by atoms with Crippen molar-refractivity contribution in [1.29, 1.82) is 0 Å². The third kappa shape index (κ3) is 6.10. The van der Waals surface area contributed by atoms with Crippen LogP contribution in [0.5, 0.6) is 0 Å². The van der Waals surface area contributed by atoms with Crippen LogP contribution in [0.15, 0.2) is 54.6 Å². The SMILES string of the molecule is O=CN1CCCN(C2CCN(c3ccc(CC(=O)NCc4ccccc4)cc3)CC2)CC1. The molecule has 2 aromatic rings. The molecule has 6 heteroatoms. The molecule has 0 aromatic heterocycles. The Labute approximate surface area is 191 Å². The maximum Gasteiger partial charge on any atom is 0.224 e. The summed E-state index contributed by atoms with van der Waals surface area (Å²) in [6, 6.07) is 19.0. The van der Waals surface area contributed by atoms with Crippen molar-refractivity contribution in [3.63, 3.8) is 0 Å². The van der Waals surface area contributed by atoms with Gasteiger partial charge in [-0.15, -0.1) is 0 Å². The molecule has 2 fully saturated rings. The van der Waals surface area contributed by atoms with Gasteiger partial charge in [0.1, 0.15) is 0 Å². The first kappa shape index (κ1) is 22.3. The van der Waals surface area contributed by atoms with Gasteiger partial charge < -0.3 is 15.1 Å². The van der Waals surface area contributed by atoms with Gasteiger partial charge in [0.2, 0.25) is 12.3 Å². The molecule has 0 aliphatic carbocycles. The predicted octanol–water partition coefficient (Wildman–Crippen LogP) is 2.68. The summed E-state index contributed by atoms with van der Waals surface area (Å²) in [5.74, 6) is 0.0491. The van der Waals surface area contributed by atoms with E-state index in [4.69, 9.17) is 0 Å². The van der Waals surface area contributed by atoms with Gasteiger partial charge in [0.15, 0.2) is 0 Å². The predicted molar refractivity (Wildman–Crippen MR) is 127 cm³/mol. The second kappa shape index (κ2) is 11.1. The average Bonchev–Trinajstić information content (AvgIpc) is 3.10. The number of piperidine rings is 1. The van der Waals surface area contributed by atoms with E-state index in [1.165, 1.54) is 5.69 Å². The monoisotopic (exact) mass is 434 g/mol. The van der Waals surface area contributed by atoms with Gasteiger partial charge in [-0.3, -0.25) is 14.5 Å². The number of amides is 2. The van der Waals surface area contributed by atoms with Gasteiger partial charge in [0.05, 0.1) is 6.42 Å². The zero-order valence-electron chi connectivity index (χ0n) is 18.8. The maximum atomic E-state index is 12.3. The highest BCUT2D eigenvalue weighted by Crippen LogP contribution is 2.24. The van der Waals surface area contributed by atoms with Crippen molar-refractivity contribution in [2.75, 3.05) is 44.2 Å². The lowest BCUT2D eigenvalue weighted by atomic mass is 10.0. The highest BCUT2D eigenvalue weighted by atomic mass is 16.1.